The summed E-state index contributed by atoms with van der Waals surface area (Å²) in [5.74, 6) is -0.953. The highest BCUT2D eigenvalue weighted by Crippen LogP contribution is 2.18. The van der Waals surface area contributed by atoms with Gasteiger partial charge in [0.15, 0.2) is 5.78 Å². The van der Waals surface area contributed by atoms with Gasteiger partial charge in [0.1, 0.15) is 0 Å². The molecule has 0 amide bonds. The molecule has 3 nitrogen and oxygen atoms in total. The largest absolute Gasteiger partial charge is 0.481 e. The molecule has 17 heavy (non-hydrogen) atoms. The van der Waals surface area contributed by atoms with E-state index < -0.39 is 5.97 Å². The molecule has 0 radical (unpaired) electrons. The highest BCUT2D eigenvalue weighted by Gasteiger charge is 2.15. The van der Waals surface area contributed by atoms with Crippen LogP contribution in [0.5, 0.6) is 0 Å². The average molecular weight is 234 g/mol. The van der Waals surface area contributed by atoms with E-state index in [4.69, 9.17) is 5.11 Å². The normalized spacial score (nSPS) is 12.2. The van der Waals surface area contributed by atoms with E-state index in [1.165, 1.54) is 0 Å². The first-order valence-electron chi connectivity index (χ1n) is 5.73. The Labute approximate surface area is 101 Å². The predicted molar refractivity (Wildman–Crippen MR) is 66.3 cm³/mol. The topological polar surface area (TPSA) is 54.4 Å². The van der Waals surface area contributed by atoms with Crippen LogP contribution in [0, 0.1) is 19.8 Å². The summed E-state index contributed by atoms with van der Waals surface area (Å²) in [6.07, 6.45) is 0.327. The lowest BCUT2D eigenvalue weighted by Gasteiger charge is -2.10. The number of aliphatic carboxylic acids is 1. The monoisotopic (exact) mass is 234 g/mol. The lowest BCUT2D eigenvalue weighted by Crippen LogP contribution is -2.11. The van der Waals surface area contributed by atoms with Crippen molar-refractivity contribution in [3.63, 3.8) is 0 Å². The summed E-state index contributed by atoms with van der Waals surface area (Å²) in [5.41, 5.74) is 2.78. The van der Waals surface area contributed by atoms with Crippen molar-refractivity contribution in [2.45, 2.75) is 33.6 Å². The van der Waals surface area contributed by atoms with Gasteiger partial charge >= 0.3 is 5.97 Å². The molecule has 0 aromatic heterocycles. The van der Waals surface area contributed by atoms with Gasteiger partial charge in [0.2, 0.25) is 0 Å². The Morgan fingerprint density at radius 3 is 2.47 bits per heavy atom. The number of hydrogen-bond donors (Lipinski definition) is 1. The van der Waals surface area contributed by atoms with Crippen LogP contribution < -0.4 is 0 Å². The van der Waals surface area contributed by atoms with Crippen molar-refractivity contribution in [2.75, 3.05) is 0 Å². The number of ketones is 1. The highest BCUT2D eigenvalue weighted by atomic mass is 16.4. The zero-order valence-corrected chi connectivity index (χ0v) is 10.5. The molecule has 0 bridgehead atoms. The van der Waals surface area contributed by atoms with Gasteiger partial charge in [-0.3, -0.25) is 9.59 Å². The Morgan fingerprint density at radius 2 is 1.88 bits per heavy atom. The molecule has 92 valence electrons. The first-order chi connectivity index (χ1) is 7.91. The van der Waals surface area contributed by atoms with Crippen LogP contribution in [0.15, 0.2) is 18.2 Å². The second-order valence-corrected chi connectivity index (χ2v) is 4.58. The molecule has 0 unspecified atom stereocenters. The summed E-state index contributed by atoms with van der Waals surface area (Å²) in [7, 11) is 0. The minimum absolute atomic E-state index is 0.0277. The fourth-order valence-electron chi connectivity index (χ4n) is 1.85. The lowest BCUT2D eigenvalue weighted by molar-refractivity contribution is -0.137. The van der Waals surface area contributed by atoms with Gasteiger partial charge in [-0.1, -0.05) is 25.1 Å². The number of carboxylic acids is 1. The molecule has 1 aromatic rings. The molecule has 0 heterocycles. The quantitative estimate of drug-likeness (QED) is 0.797. The third-order valence-electron chi connectivity index (χ3n) is 2.96. The van der Waals surface area contributed by atoms with Gasteiger partial charge in [-0.25, -0.2) is 0 Å². The zero-order chi connectivity index (χ0) is 13.0. The maximum atomic E-state index is 12.0. The van der Waals surface area contributed by atoms with E-state index in [1.54, 1.807) is 13.0 Å². The molecule has 0 saturated carbocycles. The van der Waals surface area contributed by atoms with Gasteiger partial charge in [0.05, 0.1) is 0 Å². The maximum absolute atomic E-state index is 12.0. The van der Waals surface area contributed by atoms with Crippen LogP contribution in [0.3, 0.4) is 0 Å². The summed E-state index contributed by atoms with van der Waals surface area (Å²) in [4.78, 5) is 22.6. The molecule has 3 heteroatoms. The fraction of sp³-hybridized carbons (Fsp3) is 0.429. The van der Waals surface area contributed by atoms with Crippen LogP contribution in [0.2, 0.25) is 0 Å². The molecule has 1 aromatic carbocycles. The standard InChI is InChI=1S/C14H18O3/c1-9(8-14(16)17)7-13(15)12-6-4-5-10(2)11(12)3/h4-6,9H,7-8H2,1-3H3,(H,16,17)/t9-/m0/s1. The van der Waals surface area contributed by atoms with E-state index in [9.17, 15) is 9.59 Å². The number of carboxylic acid groups (broad SMARTS) is 1. The van der Waals surface area contributed by atoms with Crippen LogP contribution in [0.1, 0.15) is 41.3 Å². The minimum atomic E-state index is -0.855. The lowest BCUT2D eigenvalue weighted by atomic mass is 9.93. The third-order valence-corrected chi connectivity index (χ3v) is 2.96. The second kappa shape index (κ2) is 5.62. The number of hydrogen-bond acceptors (Lipinski definition) is 2. The number of rotatable bonds is 5. The van der Waals surface area contributed by atoms with Gasteiger partial charge < -0.3 is 5.11 Å². The fourth-order valence-corrected chi connectivity index (χ4v) is 1.85. The Balaban J connectivity index is 2.77. The Morgan fingerprint density at radius 1 is 1.24 bits per heavy atom. The minimum Gasteiger partial charge on any atom is -0.481 e. The van der Waals surface area contributed by atoms with E-state index in [-0.39, 0.29) is 24.5 Å². The van der Waals surface area contributed by atoms with Gasteiger partial charge in [0, 0.05) is 18.4 Å². The first-order valence-corrected chi connectivity index (χ1v) is 5.73. The van der Waals surface area contributed by atoms with Crippen molar-refractivity contribution < 1.29 is 14.7 Å². The van der Waals surface area contributed by atoms with Crippen molar-refractivity contribution in [1.82, 2.24) is 0 Å². The molecule has 0 aliphatic carbocycles. The molecule has 1 rings (SSSR count). The summed E-state index contributed by atoms with van der Waals surface area (Å²) >= 11 is 0. The summed E-state index contributed by atoms with van der Waals surface area (Å²) in [6.45, 7) is 5.67. The number of carbonyl (C=O) groups excluding carboxylic acids is 1. The summed E-state index contributed by atoms with van der Waals surface area (Å²) < 4.78 is 0. The van der Waals surface area contributed by atoms with Crippen LogP contribution in [0.4, 0.5) is 0 Å². The SMILES string of the molecule is Cc1cccc(C(=O)C[C@H](C)CC(=O)O)c1C. The molecular formula is C14H18O3. The van der Waals surface area contributed by atoms with Crippen LogP contribution in [0.25, 0.3) is 0 Å². The molecule has 1 N–H and O–H groups in total. The van der Waals surface area contributed by atoms with E-state index >= 15 is 0 Å². The molecule has 0 spiro atoms. The van der Waals surface area contributed by atoms with Crippen LogP contribution in [-0.4, -0.2) is 16.9 Å². The number of carbonyl (C=O) groups is 2. The van der Waals surface area contributed by atoms with E-state index in [2.05, 4.69) is 0 Å². The second-order valence-electron chi connectivity index (χ2n) is 4.58. The zero-order valence-electron chi connectivity index (χ0n) is 10.5. The van der Waals surface area contributed by atoms with Gasteiger partial charge in [0.25, 0.3) is 0 Å². The summed E-state index contributed by atoms with van der Waals surface area (Å²) in [5, 5.41) is 8.65. The van der Waals surface area contributed by atoms with Gasteiger partial charge in [-0.05, 0) is 30.9 Å². The number of Topliss-reactive ketones (excluding diaryl/α,β-unsaturated/α-hetero) is 1. The average Bonchev–Trinajstić information content (AvgIpc) is 2.20. The van der Waals surface area contributed by atoms with Crippen LogP contribution in [-0.2, 0) is 4.79 Å². The number of benzene rings is 1. The van der Waals surface area contributed by atoms with Gasteiger partial charge in [-0.2, -0.15) is 0 Å². The van der Waals surface area contributed by atoms with Crippen molar-refractivity contribution in [3.8, 4) is 0 Å². The molecule has 0 fully saturated rings. The molecule has 0 aliphatic rings. The Kier molecular flexibility index (Phi) is 4.44. The third kappa shape index (κ3) is 3.70. The van der Waals surface area contributed by atoms with Crippen molar-refractivity contribution >= 4 is 11.8 Å². The molecule has 0 aliphatic heterocycles. The Bertz CT molecular complexity index is 435. The van der Waals surface area contributed by atoms with Crippen LogP contribution >= 0.6 is 0 Å². The van der Waals surface area contributed by atoms with Crippen molar-refractivity contribution in [2.24, 2.45) is 5.92 Å². The van der Waals surface area contributed by atoms with Gasteiger partial charge in [-0.15, -0.1) is 0 Å². The van der Waals surface area contributed by atoms with Crippen molar-refractivity contribution in [3.05, 3.63) is 34.9 Å². The van der Waals surface area contributed by atoms with Crippen molar-refractivity contribution in [1.29, 1.82) is 0 Å². The smallest absolute Gasteiger partial charge is 0.303 e. The Hall–Kier alpha value is -1.64. The maximum Gasteiger partial charge on any atom is 0.303 e. The molecule has 1 atom stereocenters. The highest BCUT2D eigenvalue weighted by molar-refractivity contribution is 5.98. The predicted octanol–water partition coefficient (Wildman–Crippen LogP) is 2.99. The van der Waals surface area contributed by atoms with E-state index in [0.29, 0.717) is 5.56 Å². The van der Waals surface area contributed by atoms with E-state index in [0.717, 1.165) is 11.1 Å². The summed E-state index contributed by atoms with van der Waals surface area (Å²) in [6, 6.07) is 5.63. The van der Waals surface area contributed by atoms with E-state index in [1.807, 2.05) is 26.0 Å². The first kappa shape index (κ1) is 13.4. The number of aryl methyl sites for hydroxylation is 1. The molecule has 0 saturated heterocycles. The molecular weight excluding hydrogens is 216 g/mol.